The predicted octanol–water partition coefficient (Wildman–Crippen LogP) is 5.15. The van der Waals surface area contributed by atoms with Crippen molar-refractivity contribution in [1.29, 1.82) is 5.26 Å². The summed E-state index contributed by atoms with van der Waals surface area (Å²) in [6, 6.07) is 14.4. The van der Waals surface area contributed by atoms with Gasteiger partial charge >= 0.3 is 0 Å². The molecule has 0 amide bonds. The minimum atomic E-state index is -0.932. The summed E-state index contributed by atoms with van der Waals surface area (Å²) in [5.41, 5.74) is 1.20. The van der Waals surface area contributed by atoms with E-state index in [0.29, 0.717) is 6.42 Å². The van der Waals surface area contributed by atoms with E-state index in [1.54, 1.807) is 13.0 Å². The first kappa shape index (κ1) is 14.9. The molecule has 0 aromatic heterocycles. The summed E-state index contributed by atoms with van der Waals surface area (Å²) in [6.45, 7) is 1.77. The van der Waals surface area contributed by atoms with Gasteiger partial charge in [0.05, 0.1) is 12.0 Å². The zero-order valence-electron chi connectivity index (χ0n) is 11.7. The minimum Gasteiger partial charge on any atom is -0.203 e. The summed E-state index contributed by atoms with van der Waals surface area (Å²) in [7, 11) is 0. The molecule has 2 rings (SSSR count). The molecule has 0 spiro atoms. The Morgan fingerprint density at radius 2 is 1.76 bits per heavy atom. The summed E-state index contributed by atoms with van der Waals surface area (Å²) in [4.78, 5) is 0. The van der Waals surface area contributed by atoms with Gasteiger partial charge in [-0.1, -0.05) is 61.5 Å². The standard InChI is InChI=1S/C18H15F2N/c1-2-14(12-21)16-11-10-15(17(19)18(16)20)9-8-13-6-4-3-5-7-13/h3-11,14H,2H2,1H3/b9-8+. The number of rotatable bonds is 4. The van der Waals surface area contributed by atoms with Gasteiger partial charge in [0.2, 0.25) is 0 Å². The predicted molar refractivity (Wildman–Crippen MR) is 80.4 cm³/mol. The molecule has 0 aliphatic carbocycles. The molecule has 106 valence electrons. The highest BCUT2D eigenvalue weighted by Gasteiger charge is 2.18. The second-order valence-electron chi connectivity index (χ2n) is 4.71. The van der Waals surface area contributed by atoms with Crippen molar-refractivity contribution in [3.63, 3.8) is 0 Å². The molecule has 0 saturated carbocycles. The highest BCUT2D eigenvalue weighted by Crippen LogP contribution is 2.26. The maximum Gasteiger partial charge on any atom is 0.166 e. The number of nitriles is 1. The van der Waals surface area contributed by atoms with Crippen molar-refractivity contribution < 1.29 is 8.78 Å². The number of hydrogen-bond donors (Lipinski definition) is 0. The van der Waals surface area contributed by atoms with Crippen molar-refractivity contribution in [2.75, 3.05) is 0 Å². The van der Waals surface area contributed by atoms with Crippen molar-refractivity contribution in [3.8, 4) is 6.07 Å². The monoisotopic (exact) mass is 283 g/mol. The minimum absolute atomic E-state index is 0.120. The van der Waals surface area contributed by atoms with Crippen LogP contribution in [0.4, 0.5) is 8.78 Å². The smallest absolute Gasteiger partial charge is 0.166 e. The summed E-state index contributed by atoms with van der Waals surface area (Å²) in [6.07, 6.45) is 3.70. The van der Waals surface area contributed by atoms with Crippen LogP contribution in [0.25, 0.3) is 12.2 Å². The van der Waals surface area contributed by atoms with E-state index < -0.39 is 17.6 Å². The molecule has 21 heavy (non-hydrogen) atoms. The SMILES string of the molecule is CCC(C#N)c1ccc(/C=C/c2ccccc2)c(F)c1F. The molecule has 0 heterocycles. The van der Waals surface area contributed by atoms with Crippen LogP contribution in [0, 0.1) is 23.0 Å². The van der Waals surface area contributed by atoms with Crippen LogP contribution in [0.3, 0.4) is 0 Å². The van der Waals surface area contributed by atoms with Gasteiger partial charge in [-0.2, -0.15) is 5.26 Å². The molecule has 0 bridgehead atoms. The van der Waals surface area contributed by atoms with E-state index in [9.17, 15) is 8.78 Å². The van der Waals surface area contributed by atoms with Gasteiger partial charge in [-0.05, 0) is 12.0 Å². The van der Waals surface area contributed by atoms with Gasteiger partial charge in [-0.25, -0.2) is 8.78 Å². The number of hydrogen-bond acceptors (Lipinski definition) is 1. The fraction of sp³-hybridized carbons (Fsp3) is 0.167. The van der Waals surface area contributed by atoms with Crippen LogP contribution in [0.2, 0.25) is 0 Å². The van der Waals surface area contributed by atoms with Gasteiger partial charge in [-0.15, -0.1) is 0 Å². The number of benzene rings is 2. The van der Waals surface area contributed by atoms with Crippen molar-refractivity contribution in [2.24, 2.45) is 0 Å². The van der Waals surface area contributed by atoms with E-state index in [-0.39, 0.29) is 11.1 Å². The molecule has 0 radical (unpaired) electrons. The zero-order chi connectivity index (χ0) is 15.2. The molecule has 0 fully saturated rings. The molecular weight excluding hydrogens is 268 g/mol. The lowest BCUT2D eigenvalue weighted by molar-refractivity contribution is 0.492. The maximum absolute atomic E-state index is 14.1. The Bertz CT molecular complexity index is 684. The van der Waals surface area contributed by atoms with Gasteiger partial charge in [0.25, 0.3) is 0 Å². The van der Waals surface area contributed by atoms with Crippen LogP contribution < -0.4 is 0 Å². The van der Waals surface area contributed by atoms with Crippen LogP contribution in [-0.2, 0) is 0 Å². The quantitative estimate of drug-likeness (QED) is 0.712. The molecule has 1 nitrogen and oxygen atoms in total. The lowest BCUT2D eigenvalue weighted by Crippen LogP contribution is -2.01. The molecule has 0 saturated heterocycles. The van der Waals surface area contributed by atoms with Gasteiger partial charge < -0.3 is 0 Å². The normalized spacial score (nSPS) is 12.3. The Hall–Kier alpha value is -2.47. The molecule has 0 aliphatic rings. The highest BCUT2D eigenvalue weighted by molar-refractivity contribution is 5.70. The lowest BCUT2D eigenvalue weighted by Gasteiger charge is -2.09. The summed E-state index contributed by atoms with van der Waals surface area (Å²) >= 11 is 0. The average molecular weight is 283 g/mol. The molecule has 2 aromatic rings. The maximum atomic E-state index is 14.1. The van der Waals surface area contributed by atoms with Crippen LogP contribution in [0.15, 0.2) is 42.5 Å². The Morgan fingerprint density at radius 3 is 2.38 bits per heavy atom. The average Bonchev–Trinajstić information content (AvgIpc) is 2.52. The molecule has 3 heteroatoms. The molecular formula is C18H15F2N. The first-order valence-corrected chi connectivity index (χ1v) is 6.78. The Kier molecular flexibility index (Phi) is 4.84. The third-order valence-electron chi connectivity index (χ3n) is 3.34. The van der Waals surface area contributed by atoms with E-state index in [4.69, 9.17) is 5.26 Å². The van der Waals surface area contributed by atoms with Crippen molar-refractivity contribution in [1.82, 2.24) is 0 Å². The second kappa shape index (κ2) is 6.81. The van der Waals surface area contributed by atoms with Crippen LogP contribution in [0.1, 0.15) is 36.0 Å². The summed E-state index contributed by atoms with van der Waals surface area (Å²) in [5, 5.41) is 8.96. The molecule has 1 unspecified atom stereocenters. The van der Waals surface area contributed by atoms with E-state index >= 15 is 0 Å². The van der Waals surface area contributed by atoms with Crippen molar-refractivity contribution >= 4 is 12.2 Å². The van der Waals surface area contributed by atoms with Gasteiger partial charge in [0.1, 0.15) is 0 Å². The van der Waals surface area contributed by atoms with Gasteiger partial charge in [0, 0.05) is 11.1 Å². The van der Waals surface area contributed by atoms with Crippen LogP contribution >= 0.6 is 0 Å². The van der Waals surface area contributed by atoms with Gasteiger partial charge in [0.15, 0.2) is 11.6 Å². The van der Waals surface area contributed by atoms with Crippen molar-refractivity contribution in [3.05, 3.63) is 70.8 Å². The Labute approximate surface area is 123 Å². The Balaban J connectivity index is 2.33. The van der Waals surface area contributed by atoms with Crippen LogP contribution in [0.5, 0.6) is 0 Å². The lowest BCUT2D eigenvalue weighted by atomic mass is 9.95. The first-order chi connectivity index (χ1) is 10.2. The fourth-order valence-electron chi connectivity index (χ4n) is 2.11. The van der Waals surface area contributed by atoms with E-state index in [1.165, 1.54) is 18.2 Å². The Morgan fingerprint density at radius 1 is 1.05 bits per heavy atom. The fourth-order valence-corrected chi connectivity index (χ4v) is 2.11. The largest absolute Gasteiger partial charge is 0.203 e. The highest BCUT2D eigenvalue weighted by atomic mass is 19.2. The van der Waals surface area contributed by atoms with Crippen molar-refractivity contribution in [2.45, 2.75) is 19.3 Å². The molecule has 1 atom stereocenters. The summed E-state index contributed by atoms with van der Waals surface area (Å²) in [5.74, 6) is -2.46. The van der Waals surface area contributed by atoms with E-state index in [0.717, 1.165) is 5.56 Å². The summed E-state index contributed by atoms with van der Waals surface area (Å²) < 4.78 is 28.1. The van der Waals surface area contributed by atoms with E-state index in [1.807, 2.05) is 36.4 Å². The van der Waals surface area contributed by atoms with Crippen LogP contribution in [-0.4, -0.2) is 0 Å². The first-order valence-electron chi connectivity index (χ1n) is 6.78. The molecule has 2 aromatic carbocycles. The third kappa shape index (κ3) is 3.35. The zero-order valence-corrected chi connectivity index (χ0v) is 11.7. The topological polar surface area (TPSA) is 23.8 Å². The molecule has 0 N–H and O–H groups in total. The number of nitrogens with zero attached hydrogens (tertiary/aromatic N) is 1. The second-order valence-corrected chi connectivity index (χ2v) is 4.71. The molecule has 0 aliphatic heterocycles. The van der Waals surface area contributed by atoms with E-state index in [2.05, 4.69) is 0 Å². The third-order valence-corrected chi connectivity index (χ3v) is 3.34. The number of halogens is 2. The van der Waals surface area contributed by atoms with Gasteiger partial charge in [-0.3, -0.25) is 0 Å².